The Morgan fingerprint density at radius 3 is 2.74 bits per heavy atom. The van der Waals surface area contributed by atoms with Gasteiger partial charge >= 0.3 is 0 Å². The van der Waals surface area contributed by atoms with E-state index in [1.54, 1.807) is 21.4 Å². The molecular formula is C12H20N4O2S. The number of hydrogen-bond donors (Lipinski definition) is 1. The van der Waals surface area contributed by atoms with Crippen molar-refractivity contribution in [2.45, 2.75) is 25.4 Å². The van der Waals surface area contributed by atoms with E-state index in [0.29, 0.717) is 19.1 Å². The Kier molecular flexibility index (Phi) is 4.38. The van der Waals surface area contributed by atoms with Gasteiger partial charge in [-0.2, -0.15) is 5.10 Å². The van der Waals surface area contributed by atoms with Crippen molar-refractivity contribution in [1.29, 1.82) is 0 Å². The van der Waals surface area contributed by atoms with Crippen molar-refractivity contribution in [1.82, 2.24) is 19.4 Å². The van der Waals surface area contributed by atoms with Gasteiger partial charge in [-0.15, -0.1) is 0 Å². The summed E-state index contributed by atoms with van der Waals surface area (Å²) >= 11 is 0. The summed E-state index contributed by atoms with van der Waals surface area (Å²) in [7, 11) is -3.04. The molecule has 0 aliphatic carbocycles. The molecule has 1 fully saturated rings. The Labute approximate surface area is 114 Å². The van der Waals surface area contributed by atoms with Crippen LogP contribution in [-0.4, -0.2) is 47.9 Å². The molecule has 0 unspecified atom stereocenters. The minimum atomic E-state index is -3.04. The summed E-state index contributed by atoms with van der Waals surface area (Å²) in [5, 5.41) is 7.55. The van der Waals surface area contributed by atoms with Crippen LogP contribution in [0.25, 0.3) is 6.20 Å². The van der Waals surface area contributed by atoms with E-state index in [9.17, 15) is 8.42 Å². The van der Waals surface area contributed by atoms with Crippen molar-refractivity contribution >= 4 is 16.2 Å². The zero-order valence-corrected chi connectivity index (χ0v) is 11.9. The monoisotopic (exact) mass is 284 g/mol. The van der Waals surface area contributed by atoms with Crippen LogP contribution in [0.5, 0.6) is 0 Å². The molecule has 0 aromatic carbocycles. The second-order valence-electron chi connectivity index (χ2n) is 4.83. The first-order valence-corrected chi connectivity index (χ1v) is 8.18. The van der Waals surface area contributed by atoms with E-state index < -0.39 is 10.0 Å². The highest BCUT2D eigenvalue weighted by Crippen LogP contribution is 2.13. The third kappa shape index (κ3) is 3.89. The fraction of sp³-hybridized carbons (Fsp3) is 0.583. The summed E-state index contributed by atoms with van der Waals surface area (Å²) < 4.78 is 26.0. The molecule has 106 valence electrons. The third-order valence-electron chi connectivity index (χ3n) is 3.36. The van der Waals surface area contributed by atoms with Crippen LogP contribution in [0.2, 0.25) is 0 Å². The predicted molar refractivity (Wildman–Crippen MR) is 74.9 cm³/mol. The van der Waals surface area contributed by atoms with E-state index in [2.05, 4.69) is 17.0 Å². The van der Waals surface area contributed by atoms with Gasteiger partial charge in [-0.3, -0.25) is 0 Å². The molecule has 0 atom stereocenters. The highest BCUT2D eigenvalue weighted by atomic mass is 32.2. The third-order valence-corrected chi connectivity index (χ3v) is 4.66. The Morgan fingerprint density at radius 1 is 1.53 bits per heavy atom. The molecule has 1 aliphatic rings. The molecule has 0 radical (unpaired) electrons. The van der Waals surface area contributed by atoms with Gasteiger partial charge < -0.3 is 5.32 Å². The standard InChI is InChI=1S/C12H20N4O2S/c1-3-15-10-11(9-14-15)8-13-12-4-6-16(7-5-12)19(2,17)18/h3,9-10,12-13H,1,4-8H2,2H3. The van der Waals surface area contributed by atoms with Crippen LogP contribution >= 0.6 is 0 Å². The summed E-state index contributed by atoms with van der Waals surface area (Å²) in [6.45, 7) is 5.59. The largest absolute Gasteiger partial charge is 0.310 e. The Balaban J connectivity index is 1.78. The fourth-order valence-corrected chi connectivity index (χ4v) is 3.10. The van der Waals surface area contributed by atoms with Crippen molar-refractivity contribution in [2.75, 3.05) is 19.3 Å². The number of nitrogens with zero attached hydrogens (tertiary/aromatic N) is 3. The first-order valence-electron chi connectivity index (χ1n) is 6.33. The Morgan fingerprint density at radius 2 is 2.21 bits per heavy atom. The van der Waals surface area contributed by atoms with Crippen molar-refractivity contribution in [3.8, 4) is 0 Å². The van der Waals surface area contributed by atoms with Crippen molar-refractivity contribution in [3.05, 3.63) is 24.5 Å². The predicted octanol–water partition coefficient (Wildman–Crippen LogP) is 0.497. The second kappa shape index (κ2) is 5.85. The number of rotatable bonds is 5. The van der Waals surface area contributed by atoms with E-state index in [1.807, 2.05) is 6.20 Å². The molecule has 0 bridgehead atoms. The minimum absolute atomic E-state index is 0.366. The van der Waals surface area contributed by atoms with Gasteiger partial charge in [-0.05, 0) is 12.8 Å². The fourth-order valence-electron chi connectivity index (χ4n) is 2.22. The first kappa shape index (κ1) is 14.2. The maximum absolute atomic E-state index is 11.4. The Bertz CT molecular complexity index is 530. The molecule has 1 saturated heterocycles. The van der Waals surface area contributed by atoms with Gasteiger partial charge in [0.15, 0.2) is 0 Å². The summed E-state index contributed by atoms with van der Waals surface area (Å²) in [4.78, 5) is 0. The molecule has 1 N–H and O–H groups in total. The average Bonchev–Trinajstić information content (AvgIpc) is 2.84. The van der Waals surface area contributed by atoms with E-state index in [4.69, 9.17) is 0 Å². The van der Waals surface area contributed by atoms with Gasteiger partial charge in [0.1, 0.15) is 0 Å². The van der Waals surface area contributed by atoms with Crippen molar-refractivity contribution in [3.63, 3.8) is 0 Å². The second-order valence-corrected chi connectivity index (χ2v) is 6.81. The highest BCUT2D eigenvalue weighted by molar-refractivity contribution is 7.88. The summed E-state index contributed by atoms with van der Waals surface area (Å²) in [5.74, 6) is 0. The SMILES string of the molecule is C=Cn1cc(CNC2CCN(S(C)(=O)=O)CC2)cn1. The molecule has 6 nitrogen and oxygen atoms in total. The van der Waals surface area contributed by atoms with Crippen LogP contribution in [0.1, 0.15) is 18.4 Å². The van der Waals surface area contributed by atoms with Gasteiger partial charge in [-0.25, -0.2) is 17.4 Å². The molecule has 1 aromatic rings. The normalized spacial score (nSPS) is 18.6. The molecule has 7 heteroatoms. The number of aromatic nitrogens is 2. The lowest BCUT2D eigenvalue weighted by atomic mass is 10.1. The van der Waals surface area contributed by atoms with Crippen LogP contribution in [0.4, 0.5) is 0 Å². The molecule has 2 rings (SSSR count). The molecule has 1 aliphatic heterocycles. The number of hydrogen-bond acceptors (Lipinski definition) is 4. The number of sulfonamides is 1. The average molecular weight is 284 g/mol. The maximum atomic E-state index is 11.4. The van der Waals surface area contributed by atoms with E-state index in [1.165, 1.54) is 6.26 Å². The van der Waals surface area contributed by atoms with Crippen LogP contribution in [0.3, 0.4) is 0 Å². The van der Waals surface area contributed by atoms with Crippen LogP contribution < -0.4 is 5.32 Å². The van der Waals surface area contributed by atoms with Crippen LogP contribution in [-0.2, 0) is 16.6 Å². The lowest BCUT2D eigenvalue weighted by Crippen LogP contribution is -2.44. The number of piperidine rings is 1. The van der Waals surface area contributed by atoms with Gasteiger partial charge in [0.2, 0.25) is 10.0 Å². The zero-order chi connectivity index (χ0) is 13.9. The smallest absolute Gasteiger partial charge is 0.211 e. The van der Waals surface area contributed by atoms with E-state index >= 15 is 0 Å². The molecule has 2 heterocycles. The number of nitrogens with one attached hydrogen (secondary N) is 1. The van der Waals surface area contributed by atoms with Crippen LogP contribution in [0, 0.1) is 0 Å². The molecular weight excluding hydrogens is 264 g/mol. The summed E-state index contributed by atoms with van der Waals surface area (Å²) in [6, 6.07) is 0.366. The van der Waals surface area contributed by atoms with E-state index in [-0.39, 0.29) is 0 Å². The van der Waals surface area contributed by atoms with Crippen molar-refractivity contribution < 1.29 is 8.42 Å². The first-order chi connectivity index (χ1) is 8.99. The zero-order valence-electron chi connectivity index (χ0n) is 11.1. The topological polar surface area (TPSA) is 67.2 Å². The molecule has 0 amide bonds. The molecule has 1 aromatic heterocycles. The lowest BCUT2D eigenvalue weighted by Gasteiger charge is -2.30. The summed E-state index contributed by atoms with van der Waals surface area (Å²) in [5.41, 5.74) is 1.10. The van der Waals surface area contributed by atoms with Gasteiger partial charge in [0.05, 0.1) is 12.5 Å². The maximum Gasteiger partial charge on any atom is 0.211 e. The minimum Gasteiger partial charge on any atom is -0.310 e. The summed E-state index contributed by atoms with van der Waals surface area (Å²) in [6.07, 6.45) is 8.34. The quantitative estimate of drug-likeness (QED) is 0.855. The van der Waals surface area contributed by atoms with Crippen LogP contribution in [0.15, 0.2) is 19.0 Å². The lowest BCUT2D eigenvalue weighted by molar-refractivity contribution is 0.290. The van der Waals surface area contributed by atoms with E-state index in [0.717, 1.165) is 24.9 Å². The van der Waals surface area contributed by atoms with Gasteiger partial charge in [0, 0.05) is 43.6 Å². The van der Waals surface area contributed by atoms with Gasteiger partial charge in [-0.1, -0.05) is 6.58 Å². The molecule has 0 spiro atoms. The van der Waals surface area contributed by atoms with Crippen molar-refractivity contribution in [2.24, 2.45) is 0 Å². The highest BCUT2D eigenvalue weighted by Gasteiger charge is 2.24. The van der Waals surface area contributed by atoms with Gasteiger partial charge in [0.25, 0.3) is 0 Å². The molecule has 0 saturated carbocycles. The Hall–Kier alpha value is -1.18. The molecule has 19 heavy (non-hydrogen) atoms.